The molecular formula is C60H114O6. The molecule has 0 amide bonds. The van der Waals surface area contributed by atoms with Gasteiger partial charge in [-0.1, -0.05) is 283 Å². The standard InChI is InChI=1S/C60H114O6/c1-4-7-10-13-16-19-22-24-26-28-29-30-31-33-34-36-38-41-44-47-50-53-59(62)65-56-57(55-64-58(61)52-49-46-43-40-21-18-15-12-9-6-3)66-60(63)54-51-48-45-42-39-37-35-32-27-25-23-20-17-14-11-8-5-2/h28-29,57H,4-27,30-56H2,1-3H3/b29-28-. The van der Waals surface area contributed by atoms with Crippen LogP contribution >= 0.6 is 0 Å². The average molecular weight is 932 g/mol. The lowest BCUT2D eigenvalue weighted by Crippen LogP contribution is -2.30. The summed E-state index contributed by atoms with van der Waals surface area (Å²) >= 11 is 0. The second kappa shape index (κ2) is 55.7. The van der Waals surface area contributed by atoms with E-state index < -0.39 is 6.10 Å². The van der Waals surface area contributed by atoms with E-state index in [0.717, 1.165) is 57.8 Å². The summed E-state index contributed by atoms with van der Waals surface area (Å²) in [6.45, 7) is 6.68. The fourth-order valence-electron chi connectivity index (χ4n) is 9.03. The molecule has 0 aliphatic rings. The van der Waals surface area contributed by atoms with Crippen molar-refractivity contribution >= 4 is 17.9 Å². The lowest BCUT2D eigenvalue weighted by molar-refractivity contribution is -0.167. The molecular weight excluding hydrogens is 817 g/mol. The fraction of sp³-hybridized carbons (Fsp3) is 0.917. The maximum Gasteiger partial charge on any atom is 0.306 e. The van der Waals surface area contributed by atoms with Crippen LogP contribution in [0.15, 0.2) is 12.2 Å². The van der Waals surface area contributed by atoms with Crippen LogP contribution in [0.4, 0.5) is 0 Å². The van der Waals surface area contributed by atoms with Crippen LogP contribution in [0, 0.1) is 0 Å². The molecule has 0 spiro atoms. The van der Waals surface area contributed by atoms with Gasteiger partial charge in [-0.2, -0.15) is 0 Å². The van der Waals surface area contributed by atoms with Gasteiger partial charge in [0.25, 0.3) is 0 Å². The van der Waals surface area contributed by atoms with Crippen LogP contribution in [0.5, 0.6) is 0 Å². The van der Waals surface area contributed by atoms with Crippen LogP contribution in [0.25, 0.3) is 0 Å². The molecule has 0 aromatic heterocycles. The molecule has 6 nitrogen and oxygen atoms in total. The van der Waals surface area contributed by atoms with Crippen LogP contribution in [-0.4, -0.2) is 37.2 Å². The Morgan fingerprint density at radius 3 is 0.758 bits per heavy atom. The van der Waals surface area contributed by atoms with Crippen molar-refractivity contribution in [1.29, 1.82) is 0 Å². The fourth-order valence-corrected chi connectivity index (χ4v) is 9.03. The van der Waals surface area contributed by atoms with Crippen molar-refractivity contribution in [3.8, 4) is 0 Å². The largest absolute Gasteiger partial charge is 0.462 e. The van der Waals surface area contributed by atoms with E-state index >= 15 is 0 Å². The highest BCUT2D eigenvalue weighted by Gasteiger charge is 2.19. The SMILES string of the molecule is CCCCCCCCCC/C=C\CCCCCCCCCCCC(=O)OCC(COC(=O)CCCCCCCCCCCC)OC(=O)CCCCCCCCCCCCCCCCCCC. The van der Waals surface area contributed by atoms with Crippen molar-refractivity contribution in [2.45, 2.75) is 341 Å². The van der Waals surface area contributed by atoms with Gasteiger partial charge in [0.2, 0.25) is 0 Å². The van der Waals surface area contributed by atoms with Gasteiger partial charge in [-0.25, -0.2) is 0 Å². The van der Waals surface area contributed by atoms with Gasteiger partial charge in [0, 0.05) is 19.3 Å². The first kappa shape index (κ1) is 64.2. The molecule has 1 atom stereocenters. The first-order valence-electron chi connectivity index (χ1n) is 29.7. The summed E-state index contributed by atoms with van der Waals surface area (Å²) in [7, 11) is 0. The second-order valence-electron chi connectivity index (χ2n) is 20.3. The third kappa shape index (κ3) is 53.1. The smallest absolute Gasteiger partial charge is 0.306 e. The molecule has 0 fully saturated rings. The van der Waals surface area contributed by atoms with Crippen molar-refractivity contribution in [2.24, 2.45) is 0 Å². The predicted molar refractivity (Wildman–Crippen MR) is 284 cm³/mol. The molecule has 0 radical (unpaired) electrons. The van der Waals surface area contributed by atoms with Crippen molar-refractivity contribution < 1.29 is 28.6 Å². The molecule has 6 heteroatoms. The van der Waals surface area contributed by atoms with E-state index in [1.54, 1.807) is 0 Å². The third-order valence-corrected chi connectivity index (χ3v) is 13.5. The van der Waals surface area contributed by atoms with Crippen LogP contribution in [0.2, 0.25) is 0 Å². The van der Waals surface area contributed by atoms with Gasteiger partial charge < -0.3 is 14.2 Å². The summed E-state index contributed by atoms with van der Waals surface area (Å²) in [6, 6.07) is 0. The minimum absolute atomic E-state index is 0.0648. The topological polar surface area (TPSA) is 78.9 Å². The number of allylic oxidation sites excluding steroid dienone is 2. The lowest BCUT2D eigenvalue weighted by Gasteiger charge is -2.18. The van der Waals surface area contributed by atoms with Gasteiger partial charge in [0.05, 0.1) is 0 Å². The predicted octanol–water partition coefficient (Wildman–Crippen LogP) is 19.7. The number of carbonyl (C=O) groups is 3. The molecule has 0 saturated carbocycles. The number of ether oxygens (including phenoxy) is 3. The van der Waals surface area contributed by atoms with Crippen molar-refractivity contribution in [1.82, 2.24) is 0 Å². The molecule has 0 aromatic carbocycles. The summed E-state index contributed by atoms with van der Waals surface area (Å²) in [4.78, 5) is 38.1. The van der Waals surface area contributed by atoms with Gasteiger partial charge in [-0.15, -0.1) is 0 Å². The van der Waals surface area contributed by atoms with Crippen LogP contribution < -0.4 is 0 Å². The van der Waals surface area contributed by atoms with Crippen LogP contribution in [0.3, 0.4) is 0 Å². The van der Waals surface area contributed by atoms with Crippen LogP contribution in [-0.2, 0) is 28.6 Å². The number of rotatable bonds is 55. The van der Waals surface area contributed by atoms with Crippen LogP contribution in [0.1, 0.15) is 335 Å². The average Bonchev–Trinajstić information content (AvgIpc) is 3.31. The number of unbranched alkanes of at least 4 members (excludes halogenated alkanes) is 42. The Morgan fingerprint density at radius 1 is 0.288 bits per heavy atom. The Balaban J connectivity index is 4.22. The minimum Gasteiger partial charge on any atom is -0.462 e. The number of hydrogen-bond acceptors (Lipinski definition) is 6. The molecule has 0 saturated heterocycles. The Bertz CT molecular complexity index is 1020. The molecule has 0 aliphatic carbocycles. The van der Waals surface area contributed by atoms with Gasteiger partial charge in [-0.05, 0) is 44.9 Å². The zero-order valence-electron chi connectivity index (χ0n) is 44.7. The number of carbonyl (C=O) groups excluding carboxylic acids is 3. The minimum atomic E-state index is -0.764. The normalized spacial score (nSPS) is 12.0. The summed E-state index contributed by atoms with van der Waals surface area (Å²) < 4.78 is 16.9. The quantitative estimate of drug-likeness (QED) is 0.0262. The third-order valence-electron chi connectivity index (χ3n) is 13.5. The highest BCUT2D eigenvalue weighted by Crippen LogP contribution is 2.17. The molecule has 0 aromatic rings. The molecule has 0 aliphatic heterocycles. The van der Waals surface area contributed by atoms with Gasteiger partial charge in [-0.3, -0.25) is 14.4 Å². The van der Waals surface area contributed by atoms with E-state index in [1.165, 1.54) is 238 Å². The van der Waals surface area contributed by atoms with Gasteiger partial charge in [0.15, 0.2) is 6.10 Å². The zero-order chi connectivity index (χ0) is 47.9. The highest BCUT2D eigenvalue weighted by molar-refractivity contribution is 5.71. The maximum atomic E-state index is 12.8. The first-order valence-corrected chi connectivity index (χ1v) is 29.7. The highest BCUT2D eigenvalue weighted by atomic mass is 16.6. The number of hydrogen-bond donors (Lipinski definition) is 0. The summed E-state index contributed by atoms with van der Waals surface area (Å²) in [5.74, 6) is -0.844. The second-order valence-corrected chi connectivity index (χ2v) is 20.3. The van der Waals surface area contributed by atoms with Crippen molar-refractivity contribution in [3.05, 3.63) is 12.2 Å². The Hall–Kier alpha value is -1.85. The van der Waals surface area contributed by atoms with Gasteiger partial charge >= 0.3 is 17.9 Å². The zero-order valence-corrected chi connectivity index (χ0v) is 44.7. The molecule has 0 N–H and O–H groups in total. The number of esters is 3. The Morgan fingerprint density at radius 2 is 0.500 bits per heavy atom. The first-order chi connectivity index (χ1) is 32.5. The molecule has 1 unspecified atom stereocenters. The monoisotopic (exact) mass is 931 g/mol. The van der Waals surface area contributed by atoms with E-state index in [2.05, 4.69) is 32.9 Å². The van der Waals surface area contributed by atoms with E-state index in [1.807, 2.05) is 0 Å². The van der Waals surface area contributed by atoms with E-state index in [-0.39, 0.29) is 31.1 Å². The Kier molecular flexibility index (Phi) is 54.2. The lowest BCUT2D eigenvalue weighted by atomic mass is 10.0. The summed E-state index contributed by atoms with van der Waals surface area (Å²) in [6.07, 6.45) is 63.5. The summed E-state index contributed by atoms with van der Waals surface area (Å²) in [5, 5.41) is 0. The molecule has 0 bridgehead atoms. The van der Waals surface area contributed by atoms with E-state index in [0.29, 0.717) is 19.3 Å². The molecule has 66 heavy (non-hydrogen) atoms. The summed E-state index contributed by atoms with van der Waals surface area (Å²) in [5.41, 5.74) is 0. The van der Waals surface area contributed by atoms with Crippen molar-refractivity contribution in [3.63, 3.8) is 0 Å². The maximum absolute atomic E-state index is 12.8. The molecule has 0 rings (SSSR count). The van der Waals surface area contributed by atoms with E-state index in [9.17, 15) is 14.4 Å². The Labute approximate surface area is 411 Å². The van der Waals surface area contributed by atoms with E-state index in [4.69, 9.17) is 14.2 Å². The molecule has 390 valence electrons. The van der Waals surface area contributed by atoms with Crippen molar-refractivity contribution in [2.75, 3.05) is 13.2 Å². The molecule has 0 heterocycles. The van der Waals surface area contributed by atoms with Gasteiger partial charge in [0.1, 0.15) is 13.2 Å².